The molecule has 2 aliphatic heterocycles. The Hall–Kier alpha value is -4.34. The summed E-state index contributed by atoms with van der Waals surface area (Å²) in [6.07, 6.45) is 3.97. The molecule has 1 atom stereocenters. The molecule has 0 aliphatic carbocycles. The lowest BCUT2D eigenvalue weighted by molar-refractivity contribution is -0.128. The number of amides is 2. The summed E-state index contributed by atoms with van der Waals surface area (Å²) in [7, 11) is 3.55. The summed E-state index contributed by atoms with van der Waals surface area (Å²) in [6, 6.07) is 6.93. The monoisotopic (exact) mass is 576 g/mol. The summed E-state index contributed by atoms with van der Waals surface area (Å²) < 4.78 is 30.8. The highest BCUT2D eigenvalue weighted by Gasteiger charge is 2.34. The van der Waals surface area contributed by atoms with Crippen molar-refractivity contribution in [2.75, 3.05) is 45.2 Å². The number of halogens is 2. The summed E-state index contributed by atoms with van der Waals surface area (Å²) in [5.41, 5.74) is 2.49. The standard InChI is InChI=1S/C32H38F2N6O2/c1-8-27(42)38-15-16-39(22(5)18-38)31(35-6)24-17-26(34)28(23-11-9-10-12-25(23)33)36-32(24)40(19-41)30-21(4)13-14-37(7)29(30)20(2)3/h8-13,17,19-20,22H,1,14-16,18H2,2-7H3/b35-31+. The van der Waals surface area contributed by atoms with E-state index >= 15 is 4.39 Å². The van der Waals surface area contributed by atoms with Gasteiger partial charge in [-0.25, -0.2) is 13.8 Å². The third kappa shape index (κ3) is 5.70. The Morgan fingerprint density at radius 3 is 2.52 bits per heavy atom. The van der Waals surface area contributed by atoms with Crippen LogP contribution < -0.4 is 4.90 Å². The predicted octanol–water partition coefficient (Wildman–Crippen LogP) is 4.84. The smallest absolute Gasteiger partial charge is 0.246 e. The predicted molar refractivity (Wildman–Crippen MR) is 162 cm³/mol. The molecule has 2 amide bonds. The number of piperazine rings is 1. The van der Waals surface area contributed by atoms with Gasteiger partial charge in [-0.05, 0) is 49.6 Å². The molecule has 2 aromatic rings. The molecule has 10 heteroatoms. The van der Waals surface area contributed by atoms with Gasteiger partial charge in [-0.1, -0.05) is 38.6 Å². The van der Waals surface area contributed by atoms with Gasteiger partial charge in [0.15, 0.2) is 5.82 Å². The maximum Gasteiger partial charge on any atom is 0.246 e. The Kier molecular flexibility index (Phi) is 9.23. The fraction of sp³-hybridized carbons (Fsp3) is 0.375. The largest absolute Gasteiger partial charge is 0.372 e. The SMILES string of the molecule is C=CC(=O)N1CCN(/C(=N/C)c2cc(F)c(-c3ccccc3F)nc2N(C=O)C2=C(C(C)C)N(C)CC=C2C)C(C)C1. The summed E-state index contributed by atoms with van der Waals surface area (Å²) in [6.45, 7) is 13.5. The van der Waals surface area contributed by atoms with Gasteiger partial charge < -0.3 is 14.7 Å². The van der Waals surface area contributed by atoms with E-state index in [1.54, 1.807) is 18.0 Å². The van der Waals surface area contributed by atoms with Crippen LogP contribution in [0.3, 0.4) is 0 Å². The number of nitrogens with zero attached hydrogens (tertiary/aromatic N) is 6. The number of anilines is 1. The number of hydrogen-bond acceptors (Lipinski definition) is 5. The lowest BCUT2D eigenvalue weighted by Crippen LogP contribution is -2.55. The maximum atomic E-state index is 15.9. The maximum absolute atomic E-state index is 15.9. The first-order valence-electron chi connectivity index (χ1n) is 14.0. The molecule has 0 radical (unpaired) electrons. The van der Waals surface area contributed by atoms with E-state index < -0.39 is 11.6 Å². The Morgan fingerprint density at radius 2 is 1.93 bits per heavy atom. The highest BCUT2D eigenvalue weighted by Crippen LogP contribution is 2.36. The summed E-state index contributed by atoms with van der Waals surface area (Å²) in [5.74, 6) is -0.928. The second kappa shape index (κ2) is 12.7. The Balaban J connectivity index is 1.96. The zero-order valence-electron chi connectivity index (χ0n) is 25.1. The van der Waals surface area contributed by atoms with Gasteiger partial charge in [0.2, 0.25) is 12.3 Å². The van der Waals surface area contributed by atoms with Gasteiger partial charge in [0.25, 0.3) is 0 Å². The first kappa shape index (κ1) is 30.6. The van der Waals surface area contributed by atoms with Gasteiger partial charge in [0.05, 0.1) is 11.3 Å². The molecule has 2 aliphatic rings. The Morgan fingerprint density at radius 1 is 1.21 bits per heavy atom. The van der Waals surface area contributed by atoms with Crippen LogP contribution in [0.1, 0.15) is 33.3 Å². The molecule has 0 saturated carbocycles. The molecule has 222 valence electrons. The summed E-state index contributed by atoms with van der Waals surface area (Å²) >= 11 is 0. The fourth-order valence-corrected chi connectivity index (χ4v) is 5.76. The van der Waals surface area contributed by atoms with Crippen LogP contribution >= 0.6 is 0 Å². The number of hydrogen-bond donors (Lipinski definition) is 0. The molecule has 0 bridgehead atoms. The number of amidine groups is 1. The van der Waals surface area contributed by atoms with E-state index in [1.165, 1.54) is 35.2 Å². The van der Waals surface area contributed by atoms with E-state index in [-0.39, 0.29) is 40.5 Å². The molecular formula is C32H38F2N6O2. The molecule has 0 N–H and O–H groups in total. The van der Waals surface area contributed by atoms with Crippen LogP contribution in [0.5, 0.6) is 0 Å². The van der Waals surface area contributed by atoms with E-state index in [0.717, 1.165) is 11.3 Å². The number of aliphatic imine (C=N–C) groups is 1. The van der Waals surface area contributed by atoms with Crippen LogP contribution in [-0.4, -0.2) is 84.2 Å². The van der Waals surface area contributed by atoms with Crippen molar-refractivity contribution in [1.29, 1.82) is 0 Å². The zero-order valence-corrected chi connectivity index (χ0v) is 25.1. The number of rotatable bonds is 7. The minimum atomic E-state index is -0.745. The molecule has 42 heavy (non-hydrogen) atoms. The van der Waals surface area contributed by atoms with Gasteiger partial charge in [-0.2, -0.15) is 0 Å². The van der Waals surface area contributed by atoms with Gasteiger partial charge in [0.1, 0.15) is 23.2 Å². The fourth-order valence-electron chi connectivity index (χ4n) is 5.76. The van der Waals surface area contributed by atoms with E-state index in [2.05, 4.69) is 21.5 Å². The van der Waals surface area contributed by atoms with Crippen molar-refractivity contribution >= 4 is 24.0 Å². The van der Waals surface area contributed by atoms with Crippen molar-refractivity contribution in [3.8, 4) is 11.3 Å². The number of allylic oxidation sites excluding steroid dienone is 2. The third-order valence-electron chi connectivity index (χ3n) is 7.74. The van der Waals surface area contributed by atoms with Gasteiger partial charge in [-0.15, -0.1) is 0 Å². The second-order valence-corrected chi connectivity index (χ2v) is 10.9. The first-order chi connectivity index (χ1) is 20.0. The molecule has 3 heterocycles. The molecular weight excluding hydrogens is 538 g/mol. The lowest BCUT2D eigenvalue weighted by atomic mass is 9.98. The van der Waals surface area contributed by atoms with Crippen LogP contribution in [0.2, 0.25) is 0 Å². The molecule has 1 aromatic heterocycles. The van der Waals surface area contributed by atoms with Crippen molar-refractivity contribution < 1.29 is 18.4 Å². The molecule has 1 saturated heterocycles. The van der Waals surface area contributed by atoms with Crippen molar-refractivity contribution in [3.63, 3.8) is 0 Å². The molecule has 8 nitrogen and oxygen atoms in total. The quantitative estimate of drug-likeness (QED) is 0.204. The minimum absolute atomic E-state index is 0.0142. The molecule has 4 rings (SSSR count). The van der Waals surface area contributed by atoms with Crippen molar-refractivity contribution in [2.24, 2.45) is 10.9 Å². The molecule has 0 spiro atoms. The minimum Gasteiger partial charge on any atom is -0.372 e. The molecule has 1 aromatic carbocycles. The Bertz CT molecular complexity index is 1480. The number of carbonyl (C=O) groups excluding carboxylic acids is 2. The van der Waals surface area contributed by atoms with Crippen LogP contribution in [0.15, 0.2) is 71.0 Å². The highest BCUT2D eigenvalue weighted by atomic mass is 19.1. The van der Waals surface area contributed by atoms with E-state index in [9.17, 15) is 14.0 Å². The van der Waals surface area contributed by atoms with Gasteiger partial charge in [-0.3, -0.25) is 19.5 Å². The highest BCUT2D eigenvalue weighted by molar-refractivity contribution is 6.06. The van der Waals surface area contributed by atoms with Crippen LogP contribution in [0.25, 0.3) is 11.3 Å². The van der Waals surface area contributed by atoms with E-state index in [4.69, 9.17) is 0 Å². The average molecular weight is 577 g/mol. The number of likely N-dealkylation sites (N-methyl/N-ethyl adjacent to an activating group) is 1. The van der Waals surface area contributed by atoms with Crippen molar-refractivity contribution in [1.82, 2.24) is 19.7 Å². The molecule has 1 unspecified atom stereocenters. The number of pyridine rings is 1. The lowest BCUT2D eigenvalue weighted by Gasteiger charge is -2.42. The van der Waals surface area contributed by atoms with E-state index in [1.807, 2.05) is 45.7 Å². The van der Waals surface area contributed by atoms with Crippen LogP contribution in [-0.2, 0) is 9.59 Å². The van der Waals surface area contributed by atoms with Crippen LogP contribution in [0.4, 0.5) is 14.6 Å². The van der Waals surface area contributed by atoms with Gasteiger partial charge in [0, 0.05) is 57.6 Å². The second-order valence-electron chi connectivity index (χ2n) is 10.9. The first-order valence-corrected chi connectivity index (χ1v) is 14.0. The Labute approximate surface area is 246 Å². The molecule has 1 fully saturated rings. The van der Waals surface area contributed by atoms with Crippen molar-refractivity contribution in [3.05, 3.63) is 83.2 Å². The van der Waals surface area contributed by atoms with Crippen LogP contribution in [0, 0.1) is 17.6 Å². The normalized spacial score (nSPS) is 17.9. The van der Waals surface area contributed by atoms with Crippen molar-refractivity contribution in [2.45, 2.75) is 33.7 Å². The van der Waals surface area contributed by atoms with E-state index in [0.29, 0.717) is 44.1 Å². The third-order valence-corrected chi connectivity index (χ3v) is 7.74. The summed E-state index contributed by atoms with van der Waals surface area (Å²) in [4.78, 5) is 41.7. The van der Waals surface area contributed by atoms with Gasteiger partial charge >= 0.3 is 0 Å². The number of benzene rings is 1. The number of aromatic nitrogens is 1. The zero-order chi connectivity index (χ0) is 30.7. The average Bonchev–Trinajstić information content (AvgIpc) is 2.97. The number of carbonyl (C=O) groups is 2. The summed E-state index contributed by atoms with van der Waals surface area (Å²) in [5, 5.41) is 0. The topological polar surface area (TPSA) is 72.4 Å².